The van der Waals surface area contributed by atoms with Crippen molar-refractivity contribution in [1.29, 1.82) is 0 Å². The van der Waals surface area contributed by atoms with E-state index in [9.17, 15) is 28.8 Å². The van der Waals surface area contributed by atoms with Gasteiger partial charge in [-0.15, -0.1) is 0 Å². The second kappa shape index (κ2) is 14.3. The molecule has 0 aromatic heterocycles. The van der Waals surface area contributed by atoms with Crippen LogP contribution < -0.4 is 9.47 Å². The minimum absolute atomic E-state index is 0.168. The van der Waals surface area contributed by atoms with Gasteiger partial charge in [0.1, 0.15) is 17.8 Å². The lowest BCUT2D eigenvalue weighted by molar-refractivity contribution is -0.115. The topological polar surface area (TPSA) is 127 Å². The van der Waals surface area contributed by atoms with Crippen LogP contribution in [0.2, 0.25) is 0 Å². The van der Waals surface area contributed by atoms with Crippen LogP contribution in [0.4, 0.5) is 0 Å². The number of aldehydes is 1. The molecular weight excluding hydrogens is 620 g/mol. The van der Waals surface area contributed by atoms with Crippen LogP contribution >= 0.6 is 12.6 Å². The number of benzene rings is 4. The Balaban J connectivity index is 0.000000280. The molecule has 0 bridgehead atoms. The highest BCUT2D eigenvalue weighted by Gasteiger charge is 2.42. The average molecular weight is 653 g/mol. The van der Waals surface area contributed by atoms with E-state index in [1.807, 2.05) is 36.4 Å². The molecular formula is C36H32N2O8S. The first-order valence-electron chi connectivity index (χ1n) is 14.3. The maximum Gasteiger partial charge on any atom is 0.343 e. The van der Waals surface area contributed by atoms with Crippen LogP contribution in [0.1, 0.15) is 71.2 Å². The highest BCUT2D eigenvalue weighted by Crippen LogP contribution is 2.32. The number of rotatable bonds is 8. The van der Waals surface area contributed by atoms with Gasteiger partial charge in [-0.1, -0.05) is 36.4 Å². The van der Waals surface area contributed by atoms with Crippen LogP contribution in [-0.2, 0) is 4.79 Å². The molecule has 1 heterocycles. The van der Waals surface area contributed by atoms with Crippen molar-refractivity contribution < 1.29 is 38.2 Å². The molecule has 0 saturated heterocycles. The highest BCUT2D eigenvalue weighted by molar-refractivity contribution is 7.81. The summed E-state index contributed by atoms with van der Waals surface area (Å²) < 4.78 is 10.6. The van der Waals surface area contributed by atoms with Crippen molar-refractivity contribution in [2.75, 3.05) is 14.2 Å². The number of thiol groups is 1. The molecule has 1 aliphatic rings. The quantitative estimate of drug-likeness (QED) is 0.0822. The lowest BCUT2D eigenvalue weighted by atomic mass is 10.0. The molecule has 1 aliphatic heterocycles. The van der Waals surface area contributed by atoms with Crippen molar-refractivity contribution in [2.45, 2.75) is 25.6 Å². The summed E-state index contributed by atoms with van der Waals surface area (Å²) in [4.78, 5) is 71.5. The van der Waals surface area contributed by atoms with E-state index < -0.39 is 28.6 Å². The Kier molecular flexibility index (Phi) is 10.4. The Morgan fingerprint density at radius 3 is 1.91 bits per heavy atom. The minimum Gasteiger partial charge on any atom is -0.497 e. The van der Waals surface area contributed by atoms with E-state index in [0.29, 0.717) is 29.6 Å². The Morgan fingerprint density at radius 2 is 1.38 bits per heavy atom. The Morgan fingerprint density at radius 1 is 0.809 bits per heavy atom. The third-order valence-electron chi connectivity index (χ3n) is 7.26. The van der Waals surface area contributed by atoms with Crippen LogP contribution in [0.3, 0.4) is 0 Å². The first-order chi connectivity index (χ1) is 22.3. The van der Waals surface area contributed by atoms with Gasteiger partial charge in [-0.05, 0) is 86.0 Å². The van der Waals surface area contributed by atoms with Gasteiger partial charge in [0.25, 0.3) is 17.7 Å². The number of hydrogen-bond donors (Lipinski definition) is 1. The molecule has 240 valence electrons. The van der Waals surface area contributed by atoms with Gasteiger partial charge in [-0.3, -0.25) is 33.8 Å². The monoisotopic (exact) mass is 652 g/mol. The summed E-state index contributed by atoms with van der Waals surface area (Å²) in [5.74, 6) is -0.800. The summed E-state index contributed by atoms with van der Waals surface area (Å²) in [6.45, 7) is 5.06. The first kappa shape index (κ1) is 34.3. The largest absolute Gasteiger partial charge is 0.497 e. The van der Waals surface area contributed by atoms with Gasteiger partial charge in [0.15, 0.2) is 0 Å². The molecule has 4 aromatic rings. The zero-order chi connectivity index (χ0) is 34.5. The van der Waals surface area contributed by atoms with Gasteiger partial charge in [0.2, 0.25) is 6.41 Å². The number of hydrogen-bond acceptors (Lipinski definition) is 9. The molecule has 11 heteroatoms. The number of methoxy groups -OCH3 is 1. The fourth-order valence-corrected chi connectivity index (χ4v) is 4.89. The molecule has 0 unspecified atom stereocenters. The van der Waals surface area contributed by atoms with E-state index in [2.05, 4.69) is 12.6 Å². The number of carbonyl (C=O) groups excluding carboxylic acids is 6. The van der Waals surface area contributed by atoms with Crippen LogP contribution in [0.15, 0.2) is 84.9 Å². The van der Waals surface area contributed by atoms with Crippen molar-refractivity contribution in [1.82, 2.24) is 9.80 Å². The van der Waals surface area contributed by atoms with Gasteiger partial charge in [0, 0.05) is 18.2 Å². The van der Waals surface area contributed by atoms with E-state index in [1.54, 1.807) is 52.1 Å². The summed E-state index contributed by atoms with van der Waals surface area (Å²) in [6, 6.07) is 23.8. The number of nitrogens with zero attached hydrogens (tertiary/aromatic N) is 2. The molecule has 0 aliphatic carbocycles. The number of ether oxygens (including phenoxy) is 2. The molecule has 0 N–H and O–H groups in total. The summed E-state index contributed by atoms with van der Waals surface area (Å²) >= 11 is 4.34. The molecule has 0 radical (unpaired) electrons. The normalized spacial score (nSPS) is 12.0. The number of imide groups is 2. The van der Waals surface area contributed by atoms with Crippen molar-refractivity contribution in [3.8, 4) is 22.6 Å². The van der Waals surface area contributed by atoms with Crippen molar-refractivity contribution in [3.05, 3.63) is 118 Å². The standard InChI is InChI=1S/C25H21NO5S.C11H11NO3/c1-25(2,32)26-22(27)20-13-8-17(14-21(20)23(26)28)24(29)31-19-11-6-16(7-12-19)15-4-9-18(30-3)10-5-15;1-8-3-4-9(6-13)5-10(8)11(15)12(2)7-14/h4-14,32H,1-3H3;3-7H,1-2H3. The van der Waals surface area contributed by atoms with Crippen LogP contribution in [0.25, 0.3) is 11.1 Å². The van der Waals surface area contributed by atoms with Gasteiger partial charge < -0.3 is 9.47 Å². The molecule has 4 aromatic carbocycles. The number of esters is 1. The zero-order valence-corrected chi connectivity index (χ0v) is 27.2. The third kappa shape index (κ3) is 7.64. The van der Waals surface area contributed by atoms with Crippen molar-refractivity contribution in [2.24, 2.45) is 0 Å². The van der Waals surface area contributed by atoms with Crippen molar-refractivity contribution >= 4 is 49.0 Å². The molecule has 4 amide bonds. The SMILES string of the molecule is COc1ccc(-c2ccc(OC(=O)c3ccc4c(c3)C(=O)N(C(C)(C)S)C4=O)cc2)cc1.Cc1ccc(C=O)cc1C(=O)N(C)C=O. The summed E-state index contributed by atoms with van der Waals surface area (Å²) in [5.41, 5.74) is 4.09. The van der Waals surface area contributed by atoms with E-state index in [0.717, 1.165) is 32.2 Å². The second-order valence-electron chi connectivity index (χ2n) is 11.1. The first-order valence-corrected chi connectivity index (χ1v) is 14.7. The highest BCUT2D eigenvalue weighted by atomic mass is 32.1. The second-order valence-corrected chi connectivity index (χ2v) is 12.2. The number of fused-ring (bicyclic) bond motifs is 1. The van der Waals surface area contributed by atoms with Gasteiger partial charge in [0.05, 0.1) is 28.7 Å². The van der Waals surface area contributed by atoms with Gasteiger partial charge >= 0.3 is 5.97 Å². The zero-order valence-electron chi connectivity index (χ0n) is 26.3. The van der Waals surface area contributed by atoms with Gasteiger partial charge in [-0.2, -0.15) is 12.6 Å². The molecule has 0 spiro atoms. The van der Waals surface area contributed by atoms with E-state index in [4.69, 9.17) is 9.47 Å². The summed E-state index contributed by atoms with van der Waals surface area (Å²) in [5, 5.41) is 0. The minimum atomic E-state index is -0.959. The third-order valence-corrected chi connectivity index (χ3v) is 7.46. The average Bonchev–Trinajstić information content (AvgIpc) is 3.33. The predicted molar refractivity (Wildman–Crippen MR) is 178 cm³/mol. The molecule has 10 nitrogen and oxygen atoms in total. The smallest absolute Gasteiger partial charge is 0.343 e. The Bertz CT molecular complexity index is 1860. The molecule has 0 saturated carbocycles. The van der Waals surface area contributed by atoms with E-state index >= 15 is 0 Å². The molecule has 0 atom stereocenters. The van der Waals surface area contributed by atoms with E-state index in [-0.39, 0.29) is 16.7 Å². The van der Waals surface area contributed by atoms with Gasteiger partial charge in [-0.25, -0.2) is 4.79 Å². The van der Waals surface area contributed by atoms with Crippen LogP contribution in [-0.4, -0.2) is 65.2 Å². The fourth-order valence-electron chi connectivity index (χ4n) is 4.71. The molecule has 5 rings (SSSR count). The van der Waals surface area contributed by atoms with Crippen molar-refractivity contribution in [3.63, 3.8) is 0 Å². The lowest BCUT2D eigenvalue weighted by Crippen LogP contribution is -2.43. The Labute approximate surface area is 277 Å². The predicted octanol–water partition coefficient (Wildman–Crippen LogP) is 5.88. The maximum absolute atomic E-state index is 12.7. The molecule has 47 heavy (non-hydrogen) atoms. The number of aryl methyl sites for hydroxylation is 1. The fraction of sp³-hybridized carbons (Fsp3) is 0.167. The molecule has 0 fully saturated rings. The van der Waals surface area contributed by atoms with Crippen LogP contribution in [0, 0.1) is 6.92 Å². The Hall–Kier alpha value is -5.55. The van der Waals surface area contributed by atoms with Crippen LogP contribution in [0.5, 0.6) is 11.5 Å². The maximum atomic E-state index is 12.7. The summed E-state index contributed by atoms with van der Waals surface area (Å²) in [7, 11) is 2.99. The summed E-state index contributed by atoms with van der Waals surface area (Å²) in [6.07, 6.45) is 1.10. The number of carbonyl (C=O) groups is 6. The van der Waals surface area contributed by atoms with E-state index in [1.165, 1.54) is 31.3 Å². The number of amides is 4. The lowest BCUT2D eigenvalue weighted by Gasteiger charge is -2.28.